The number of rotatable bonds is 8. The zero-order chi connectivity index (χ0) is 18.6. The highest BCUT2D eigenvalue weighted by molar-refractivity contribution is 5.94. The van der Waals surface area contributed by atoms with Gasteiger partial charge in [0.1, 0.15) is 5.82 Å². The lowest BCUT2D eigenvalue weighted by molar-refractivity contribution is 0.0953. The van der Waals surface area contributed by atoms with Gasteiger partial charge in [-0.3, -0.25) is 4.79 Å². The maximum absolute atomic E-state index is 12.9. The van der Waals surface area contributed by atoms with Gasteiger partial charge in [0, 0.05) is 25.2 Å². The molecule has 0 saturated carbocycles. The number of amides is 1. The van der Waals surface area contributed by atoms with Crippen molar-refractivity contribution in [2.45, 2.75) is 19.9 Å². The summed E-state index contributed by atoms with van der Waals surface area (Å²) in [6, 6.07) is 15.5. The van der Waals surface area contributed by atoms with Crippen LogP contribution in [0.25, 0.3) is 0 Å². The van der Waals surface area contributed by atoms with Crippen molar-refractivity contribution in [2.75, 3.05) is 19.6 Å². The average Bonchev–Trinajstić information content (AvgIpc) is 2.67. The van der Waals surface area contributed by atoms with Crippen LogP contribution in [0.5, 0.6) is 0 Å². The van der Waals surface area contributed by atoms with Crippen LogP contribution in [0.1, 0.15) is 29.3 Å². The Hall–Kier alpha value is -2.89. The fraction of sp³-hybridized carbons (Fsp3) is 0.300. The monoisotopic (exact) mass is 356 g/mol. The van der Waals surface area contributed by atoms with E-state index in [1.165, 1.54) is 12.1 Å². The van der Waals surface area contributed by atoms with Crippen LogP contribution in [0.3, 0.4) is 0 Å². The first-order chi connectivity index (χ1) is 12.7. The number of carbonyl (C=O) groups excluding carboxylic acids is 1. The number of benzene rings is 2. The molecule has 2 rings (SSSR count). The van der Waals surface area contributed by atoms with Gasteiger partial charge in [-0.1, -0.05) is 30.3 Å². The molecule has 6 heteroatoms. The molecule has 0 aromatic heterocycles. The summed E-state index contributed by atoms with van der Waals surface area (Å²) in [7, 11) is 0. The molecule has 0 radical (unpaired) electrons. The second kappa shape index (κ2) is 10.9. The smallest absolute Gasteiger partial charge is 0.251 e. The SMILES string of the molecule is CCNC(=NCc1ccc(F)cc1)NCCCNC(=O)c1ccccc1. The van der Waals surface area contributed by atoms with Gasteiger partial charge in [-0.05, 0) is 43.2 Å². The Labute approximate surface area is 153 Å². The predicted octanol–water partition coefficient (Wildman–Crippen LogP) is 2.70. The molecule has 0 aliphatic carbocycles. The van der Waals surface area contributed by atoms with E-state index in [-0.39, 0.29) is 11.7 Å². The average molecular weight is 356 g/mol. The second-order valence-corrected chi connectivity index (χ2v) is 5.72. The van der Waals surface area contributed by atoms with Crippen molar-refractivity contribution in [1.82, 2.24) is 16.0 Å². The number of hydrogen-bond donors (Lipinski definition) is 3. The van der Waals surface area contributed by atoms with Crippen LogP contribution in [-0.2, 0) is 6.54 Å². The number of halogens is 1. The van der Waals surface area contributed by atoms with Gasteiger partial charge >= 0.3 is 0 Å². The van der Waals surface area contributed by atoms with E-state index in [0.29, 0.717) is 31.2 Å². The van der Waals surface area contributed by atoms with Gasteiger partial charge in [0.25, 0.3) is 5.91 Å². The van der Waals surface area contributed by atoms with Gasteiger partial charge < -0.3 is 16.0 Å². The van der Waals surface area contributed by atoms with Crippen LogP contribution in [0.15, 0.2) is 59.6 Å². The van der Waals surface area contributed by atoms with E-state index in [0.717, 1.165) is 18.5 Å². The molecule has 0 spiro atoms. The third-order valence-corrected chi connectivity index (χ3v) is 3.64. The number of carbonyl (C=O) groups is 1. The molecule has 3 N–H and O–H groups in total. The summed E-state index contributed by atoms with van der Waals surface area (Å²) in [6.45, 7) is 4.48. The standard InChI is InChI=1S/C20H25FN4O/c1-2-22-20(25-15-16-9-11-18(21)12-10-16)24-14-6-13-23-19(26)17-7-4-3-5-8-17/h3-5,7-12H,2,6,13-15H2,1H3,(H,23,26)(H2,22,24,25). The molecule has 0 atom stereocenters. The van der Waals surface area contributed by atoms with E-state index < -0.39 is 0 Å². The van der Waals surface area contributed by atoms with Crippen molar-refractivity contribution < 1.29 is 9.18 Å². The quantitative estimate of drug-likeness (QED) is 0.387. The number of nitrogens with one attached hydrogen (secondary N) is 3. The third-order valence-electron chi connectivity index (χ3n) is 3.64. The van der Waals surface area contributed by atoms with E-state index >= 15 is 0 Å². The second-order valence-electron chi connectivity index (χ2n) is 5.72. The zero-order valence-corrected chi connectivity index (χ0v) is 15.0. The van der Waals surface area contributed by atoms with Gasteiger partial charge in [0.2, 0.25) is 0 Å². The van der Waals surface area contributed by atoms with Crippen molar-refractivity contribution >= 4 is 11.9 Å². The maximum atomic E-state index is 12.9. The van der Waals surface area contributed by atoms with Gasteiger partial charge in [-0.25, -0.2) is 9.38 Å². The molecule has 0 aliphatic heterocycles. The minimum Gasteiger partial charge on any atom is -0.357 e. The van der Waals surface area contributed by atoms with Crippen molar-refractivity contribution in [3.8, 4) is 0 Å². The molecule has 2 aromatic carbocycles. The molecule has 0 bridgehead atoms. The lowest BCUT2D eigenvalue weighted by atomic mass is 10.2. The molecule has 138 valence electrons. The van der Waals surface area contributed by atoms with E-state index in [4.69, 9.17) is 0 Å². The molecule has 0 aliphatic rings. The van der Waals surface area contributed by atoms with Gasteiger partial charge in [-0.2, -0.15) is 0 Å². The highest BCUT2D eigenvalue weighted by atomic mass is 19.1. The Morgan fingerprint density at radius 1 is 0.962 bits per heavy atom. The van der Waals surface area contributed by atoms with Crippen LogP contribution in [0.2, 0.25) is 0 Å². The molecule has 0 unspecified atom stereocenters. The van der Waals surface area contributed by atoms with Crippen molar-refractivity contribution in [3.63, 3.8) is 0 Å². The first kappa shape index (κ1) is 19.4. The Morgan fingerprint density at radius 2 is 1.65 bits per heavy atom. The van der Waals surface area contributed by atoms with Crippen LogP contribution in [0.4, 0.5) is 4.39 Å². The summed E-state index contributed by atoms with van der Waals surface area (Å²) in [4.78, 5) is 16.4. The molecule has 1 amide bonds. The fourth-order valence-corrected chi connectivity index (χ4v) is 2.29. The molecule has 26 heavy (non-hydrogen) atoms. The molecule has 0 heterocycles. The molecule has 0 fully saturated rings. The summed E-state index contributed by atoms with van der Waals surface area (Å²) < 4.78 is 12.9. The minimum atomic E-state index is -0.250. The van der Waals surface area contributed by atoms with Crippen LogP contribution >= 0.6 is 0 Å². The van der Waals surface area contributed by atoms with Gasteiger partial charge in [0.15, 0.2) is 5.96 Å². The van der Waals surface area contributed by atoms with Crippen molar-refractivity contribution in [1.29, 1.82) is 0 Å². The normalized spacial score (nSPS) is 11.1. The third kappa shape index (κ3) is 6.93. The van der Waals surface area contributed by atoms with E-state index in [1.807, 2.05) is 25.1 Å². The maximum Gasteiger partial charge on any atom is 0.251 e. The topological polar surface area (TPSA) is 65.5 Å². The zero-order valence-electron chi connectivity index (χ0n) is 15.0. The number of aliphatic imine (C=N–C) groups is 1. The lowest BCUT2D eigenvalue weighted by Gasteiger charge is -2.11. The number of guanidine groups is 1. The molecular formula is C20H25FN4O. The summed E-state index contributed by atoms with van der Waals surface area (Å²) in [5.41, 5.74) is 1.60. The van der Waals surface area contributed by atoms with Crippen LogP contribution in [-0.4, -0.2) is 31.5 Å². The lowest BCUT2D eigenvalue weighted by Crippen LogP contribution is -2.38. The Balaban J connectivity index is 1.71. The molecule has 0 saturated heterocycles. The number of hydrogen-bond acceptors (Lipinski definition) is 2. The van der Waals surface area contributed by atoms with E-state index in [1.54, 1.807) is 24.3 Å². The molecular weight excluding hydrogens is 331 g/mol. The minimum absolute atomic E-state index is 0.0671. The molecule has 5 nitrogen and oxygen atoms in total. The predicted molar refractivity (Wildman–Crippen MR) is 103 cm³/mol. The summed E-state index contributed by atoms with van der Waals surface area (Å²) in [6.07, 6.45) is 0.777. The summed E-state index contributed by atoms with van der Waals surface area (Å²) in [5.74, 6) is 0.383. The van der Waals surface area contributed by atoms with Crippen LogP contribution < -0.4 is 16.0 Å². The summed E-state index contributed by atoms with van der Waals surface area (Å²) in [5, 5.41) is 9.29. The highest BCUT2D eigenvalue weighted by Gasteiger charge is 2.03. The van der Waals surface area contributed by atoms with Crippen LogP contribution in [0, 0.1) is 5.82 Å². The first-order valence-electron chi connectivity index (χ1n) is 8.79. The van der Waals surface area contributed by atoms with Gasteiger partial charge in [-0.15, -0.1) is 0 Å². The Morgan fingerprint density at radius 3 is 2.35 bits per heavy atom. The van der Waals surface area contributed by atoms with E-state index in [2.05, 4.69) is 20.9 Å². The number of nitrogens with zero attached hydrogens (tertiary/aromatic N) is 1. The summed E-state index contributed by atoms with van der Waals surface area (Å²) >= 11 is 0. The largest absolute Gasteiger partial charge is 0.357 e. The Kier molecular flexibility index (Phi) is 8.12. The first-order valence-corrected chi connectivity index (χ1v) is 8.79. The van der Waals surface area contributed by atoms with Crippen molar-refractivity contribution in [2.24, 2.45) is 4.99 Å². The van der Waals surface area contributed by atoms with Gasteiger partial charge in [0.05, 0.1) is 6.54 Å². The Bertz CT molecular complexity index is 702. The van der Waals surface area contributed by atoms with E-state index in [9.17, 15) is 9.18 Å². The highest BCUT2D eigenvalue weighted by Crippen LogP contribution is 2.03. The van der Waals surface area contributed by atoms with Crippen molar-refractivity contribution in [3.05, 3.63) is 71.5 Å². The fourth-order valence-electron chi connectivity index (χ4n) is 2.29. The molecule has 2 aromatic rings.